The molecule has 6 nitrogen and oxygen atoms in total. The summed E-state index contributed by atoms with van der Waals surface area (Å²) in [4.78, 5) is 10.9. The monoisotopic (exact) mass is 270 g/mol. The second kappa shape index (κ2) is 4.86. The summed E-state index contributed by atoms with van der Waals surface area (Å²) in [6.07, 6.45) is 6.14. The molecule has 2 fully saturated rings. The van der Waals surface area contributed by atoms with E-state index in [0.29, 0.717) is 6.04 Å². The number of aromatic nitrogens is 4. The summed E-state index contributed by atoms with van der Waals surface area (Å²) in [6, 6.07) is 4.48. The number of rotatable bonds is 2. The Hall–Kier alpha value is -1.95. The lowest BCUT2D eigenvalue weighted by molar-refractivity contribution is 0.340. The van der Waals surface area contributed by atoms with E-state index >= 15 is 0 Å². The van der Waals surface area contributed by atoms with Crippen molar-refractivity contribution in [2.45, 2.75) is 18.9 Å². The van der Waals surface area contributed by atoms with Crippen LogP contribution >= 0.6 is 0 Å². The minimum absolute atomic E-state index is 0.603. The normalized spacial score (nSPS) is 25.7. The highest BCUT2D eigenvalue weighted by Crippen LogP contribution is 2.28. The number of H-pyrrole nitrogens is 1. The van der Waals surface area contributed by atoms with Crippen molar-refractivity contribution in [2.75, 3.05) is 24.5 Å². The van der Waals surface area contributed by atoms with Crippen molar-refractivity contribution in [3.63, 3.8) is 0 Å². The van der Waals surface area contributed by atoms with Gasteiger partial charge in [-0.15, -0.1) is 5.10 Å². The Bertz CT molecular complexity index is 566. The highest BCUT2D eigenvalue weighted by Gasteiger charge is 2.35. The van der Waals surface area contributed by atoms with Crippen molar-refractivity contribution in [2.24, 2.45) is 5.92 Å². The largest absolute Gasteiger partial charge is 0.338 e. The van der Waals surface area contributed by atoms with Gasteiger partial charge < -0.3 is 10.2 Å². The minimum Gasteiger partial charge on any atom is -0.338 e. The fourth-order valence-corrected chi connectivity index (χ4v) is 3.24. The van der Waals surface area contributed by atoms with Gasteiger partial charge in [-0.1, -0.05) is 0 Å². The van der Waals surface area contributed by atoms with E-state index < -0.39 is 0 Å². The molecule has 2 unspecified atom stereocenters. The molecule has 20 heavy (non-hydrogen) atoms. The van der Waals surface area contributed by atoms with Gasteiger partial charge in [0.05, 0.1) is 0 Å². The Morgan fingerprint density at radius 1 is 1.20 bits per heavy atom. The number of pyridine rings is 1. The quantitative estimate of drug-likeness (QED) is 0.854. The molecule has 0 aliphatic carbocycles. The molecular formula is C14H18N6. The van der Waals surface area contributed by atoms with Crippen LogP contribution in [0.5, 0.6) is 0 Å². The molecule has 2 saturated heterocycles. The molecule has 0 bridgehead atoms. The summed E-state index contributed by atoms with van der Waals surface area (Å²) in [5.41, 5.74) is 1.02. The third kappa shape index (κ3) is 2.06. The minimum atomic E-state index is 0.603. The standard InChI is InChI=1S/C14H18N6/c1-2-11-8-20(9-12(11)16-5-1)14-17-13(18-19-14)10-3-6-15-7-4-10/h3-4,6-7,11-12,16H,1-2,5,8-9H2,(H,17,18,19). The average Bonchev–Trinajstić information content (AvgIpc) is 3.14. The molecule has 6 heteroatoms. The molecular weight excluding hydrogens is 252 g/mol. The number of piperidine rings is 1. The highest BCUT2D eigenvalue weighted by molar-refractivity contribution is 5.55. The van der Waals surface area contributed by atoms with Crippen molar-refractivity contribution in [1.29, 1.82) is 0 Å². The first kappa shape index (κ1) is 11.8. The van der Waals surface area contributed by atoms with Crippen LogP contribution in [0.3, 0.4) is 0 Å². The molecule has 0 spiro atoms. The van der Waals surface area contributed by atoms with Crippen molar-refractivity contribution in [3.8, 4) is 11.4 Å². The predicted octanol–water partition coefficient (Wildman–Crippen LogP) is 1.05. The van der Waals surface area contributed by atoms with Gasteiger partial charge in [-0.3, -0.25) is 10.1 Å². The Labute approximate surface area is 117 Å². The van der Waals surface area contributed by atoms with Crippen LogP contribution in [0.15, 0.2) is 24.5 Å². The molecule has 0 amide bonds. The van der Waals surface area contributed by atoms with Gasteiger partial charge >= 0.3 is 0 Å². The Morgan fingerprint density at radius 3 is 2.95 bits per heavy atom. The molecule has 0 aromatic carbocycles. The Morgan fingerprint density at radius 2 is 2.10 bits per heavy atom. The lowest BCUT2D eigenvalue weighted by Crippen LogP contribution is -2.40. The summed E-state index contributed by atoms with van der Waals surface area (Å²) in [6.45, 7) is 3.22. The molecule has 2 aliphatic heterocycles. The number of nitrogens with zero attached hydrogens (tertiary/aromatic N) is 4. The topological polar surface area (TPSA) is 69.7 Å². The zero-order chi connectivity index (χ0) is 13.4. The van der Waals surface area contributed by atoms with Crippen LogP contribution in [0.2, 0.25) is 0 Å². The Kier molecular flexibility index (Phi) is 2.88. The van der Waals surface area contributed by atoms with Crippen molar-refractivity contribution in [1.82, 2.24) is 25.5 Å². The van der Waals surface area contributed by atoms with Gasteiger partial charge in [0.2, 0.25) is 5.95 Å². The van der Waals surface area contributed by atoms with E-state index in [1.54, 1.807) is 12.4 Å². The van der Waals surface area contributed by atoms with Crippen LogP contribution in [0, 0.1) is 5.92 Å². The first-order chi connectivity index (χ1) is 9.90. The number of hydrogen-bond donors (Lipinski definition) is 2. The lowest BCUT2D eigenvalue weighted by atomic mass is 9.94. The maximum atomic E-state index is 4.62. The van der Waals surface area contributed by atoms with Gasteiger partial charge in [-0.25, -0.2) is 0 Å². The highest BCUT2D eigenvalue weighted by atomic mass is 15.4. The molecule has 0 saturated carbocycles. The average molecular weight is 270 g/mol. The van der Waals surface area contributed by atoms with Crippen molar-refractivity contribution < 1.29 is 0 Å². The predicted molar refractivity (Wildman–Crippen MR) is 76.3 cm³/mol. The van der Waals surface area contributed by atoms with Crippen LogP contribution in [0.25, 0.3) is 11.4 Å². The lowest BCUT2D eigenvalue weighted by Gasteiger charge is -2.24. The first-order valence-corrected chi connectivity index (χ1v) is 7.21. The van der Waals surface area contributed by atoms with Crippen molar-refractivity contribution >= 4 is 5.95 Å². The molecule has 4 heterocycles. The molecule has 2 aromatic heterocycles. The van der Waals surface area contributed by atoms with E-state index in [4.69, 9.17) is 0 Å². The number of aromatic amines is 1. The number of hydrogen-bond acceptors (Lipinski definition) is 5. The van der Waals surface area contributed by atoms with Gasteiger partial charge in [0, 0.05) is 37.1 Å². The summed E-state index contributed by atoms with van der Waals surface area (Å²) < 4.78 is 0. The molecule has 104 valence electrons. The zero-order valence-corrected chi connectivity index (χ0v) is 11.3. The van der Waals surface area contributed by atoms with Crippen LogP contribution in [-0.2, 0) is 0 Å². The van der Waals surface area contributed by atoms with Crippen LogP contribution in [-0.4, -0.2) is 45.8 Å². The molecule has 0 radical (unpaired) electrons. The summed E-state index contributed by atoms with van der Waals surface area (Å²) in [5, 5.41) is 11.0. The van der Waals surface area contributed by atoms with Gasteiger partial charge in [0.15, 0.2) is 5.82 Å². The summed E-state index contributed by atoms with van der Waals surface area (Å²) in [7, 11) is 0. The molecule has 2 aliphatic rings. The molecule has 4 rings (SSSR count). The van der Waals surface area contributed by atoms with E-state index in [-0.39, 0.29) is 0 Å². The van der Waals surface area contributed by atoms with E-state index in [2.05, 4.69) is 30.4 Å². The van der Waals surface area contributed by atoms with Crippen LogP contribution in [0.1, 0.15) is 12.8 Å². The van der Waals surface area contributed by atoms with E-state index in [0.717, 1.165) is 42.9 Å². The Balaban J connectivity index is 1.54. The van der Waals surface area contributed by atoms with Gasteiger partial charge in [0.1, 0.15) is 0 Å². The number of nitrogens with one attached hydrogen (secondary N) is 2. The fourth-order valence-electron chi connectivity index (χ4n) is 3.24. The van der Waals surface area contributed by atoms with Crippen LogP contribution < -0.4 is 10.2 Å². The molecule has 2 aromatic rings. The number of anilines is 1. The third-order valence-corrected chi connectivity index (χ3v) is 4.31. The zero-order valence-electron chi connectivity index (χ0n) is 11.3. The third-order valence-electron chi connectivity index (χ3n) is 4.31. The fraction of sp³-hybridized carbons (Fsp3) is 0.500. The van der Waals surface area contributed by atoms with Crippen LogP contribution in [0.4, 0.5) is 5.95 Å². The van der Waals surface area contributed by atoms with E-state index in [1.807, 2.05) is 12.1 Å². The van der Waals surface area contributed by atoms with Crippen molar-refractivity contribution in [3.05, 3.63) is 24.5 Å². The molecule has 2 atom stereocenters. The van der Waals surface area contributed by atoms with Gasteiger partial charge in [-0.2, -0.15) is 4.98 Å². The van der Waals surface area contributed by atoms with E-state index in [9.17, 15) is 0 Å². The second-order valence-electron chi connectivity index (χ2n) is 5.59. The SMILES string of the molecule is c1cc(-c2nc(N3CC4CCCNC4C3)n[nH]2)ccn1. The van der Waals surface area contributed by atoms with Gasteiger partial charge in [-0.05, 0) is 37.4 Å². The maximum Gasteiger partial charge on any atom is 0.245 e. The number of fused-ring (bicyclic) bond motifs is 1. The smallest absolute Gasteiger partial charge is 0.245 e. The first-order valence-electron chi connectivity index (χ1n) is 7.21. The summed E-state index contributed by atoms with van der Waals surface area (Å²) in [5.74, 6) is 2.37. The second-order valence-corrected chi connectivity index (χ2v) is 5.59. The molecule has 2 N–H and O–H groups in total. The van der Waals surface area contributed by atoms with E-state index in [1.165, 1.54) is 12.8 Å². The maximum absolute atomic E-state index is 4.62. The summed E-state index contributed by atoms with van der Waals surface area (Å²) >= 11 is 0. The van der Waals surface area contributed by atoms with Gasteiger partial charge in [0.25, 0.3) is 0 Å².